The summed E-state index contributed by atoms with van der Waals surface area (Å²) in [5.74, 6) is -2.06. The highest BCUT2D eigenvalue weighted by molar-refractivity contribution is 7.86. The number of nitrogens with zero attached hydrogens (tertiary/aromatic N) is 2. The van der Waals surface area contributed by atoms with Crippen molar-refractivity contribution in [2.45, 2.75) is 60.9 Å². The summed E-state index contributed by atoms with van der Waals surface area (Å²) in [6.07, 6.45) is 6.66. The van der Waals surface area contributed by atoms with Crippen LogP contribution in [-0.4, -0.2) is 92.7 Å². The number of rotatable bonds is 10. The Morgan fingerprint density at radius 2 is 1.69 bits per heavy atom. The molecule has 0 fully saturated rings. The molecule has 0 saturated heterocycles. The van der Waals surface area contributed by atoms with E-state index in [4.69, 9.17) is 0 Å². The van der Waals surface area contributed by atoms with Crippen molar-refractivity contribution in [3.05, 3.63) is 82.0 Å². The molecular formula is C32H38N3O11S3+. The summed E-state index contributed by atoms with van der Waals surface area (Å²) < 4.78 is 102. The highest BCUT2D eigenvalue weighted by Gasteiger charge is 2.40. The standard InChI is InChI=1S/C32H37N3O11S3/c1-32(2)25-15-21(34(3)4)8-10-23(25)30(33-27(31(36)37)11-13-47(38,39)40)24-14-19-6-5-12-35(28(19)17-26(24)32)18-20-7-9-22(48(41,42)43)16-29(20)49(44,45)46/h7-10,14-17,27H,5-6,11-13,18H2,1-4H3,(H4,36,37,38,39,40,41,42,43,44,45,46)/p+1. The van der Waals surface area contributed by atoms with Crippen LogP contribution in [0.4, 0.5) is 5.69 Å². The van der Waals surface area contributed by atoms with Crippen LogP contribution in [0, 0.1) is 0 Å². The Kier molecular flexibility index (Phi) is 9.50. The number of anilines is 1. The van der Waals surface area contributed by atoms with E-state index in [9.17, 15) is 48.8 Å². The fourth-order valence-corrected chi connectivity index (χ4v) is 8.41. The first kappa shape index (κ1) is 36.4. The lowest BCUT2D eigenvalue weighted by Gasteiger charge is -2.41. The molecule has 0 saturated carbocycles. The highest BCUT2D eigenvalue weighted by atomic mass is 32.2. The van der Waals surface area contributed by atoms with Gasteiger partial charge in [0.05, 0.1) is 16.3 Å². The number of hydrogen-bond acceptors (Lipinski definition) is 9. The third-order valence-electron chi connectivity index (χ3n) is 9.10. The van der Waals surface area contributed by atoms with Crippen LogP contribution in [0.5, 0.6) is 0 Å². The van der Waals surface area contributed by atoms with E-state index in [0.29, 0.717) is 36.7 Å². The van der Waals surface area contributed by atoms with Gasteiger partial charge in [0.2, 0.25) is 0 Å². The second-order valence-corrected chi connectivity index (χ2v) is 17.4. The predicted octanol–water partition coefficient (Wildman–Crippen LogP) is 2.67. The van der Waals surface area contributed by atoms with Crippen LogP contribution in [0.3, 0.4) is 0 Å². The smallest absolute Gasteiger partial charge is 0.326 e. The van der Waals surface area contributed by atoms with E-state index < -0.39 is 69.7 Å². The van der Waals surface area contributed by atoms with Gasteiger partial charge in [0.1, 0.15) is 25.0 Å². The van der Waals surface area contributed by atoms with Crippen LogP contribution in [0.2, 0.25) is 0 Å². The maximum Gasteiger partial charge on any atom is 0.326 e. The molecule has 49 heavy (non-hydrogen) atoms. The molecule has 5 rings (SSSR count). The highest BCUT2D eigenvalue weighted by Crippen LogP contribution is 2.49. The van der Waals surface area contributed by atoms with Gasteiger partial charge in [-0.2, -0.15) is 25.3 Å². The fraction of sp³-hybridized carbons (Fsp3) is 0.375. The monoisotopic (exact) mass is 736 g/mol. The van der Waals surface area contributed by atoms with Crippen molar-refractivity contribution in [1.82, 2.24) is 5.32 Å². The Labute approximate surface area is 285 Å². The van der Waals surface area contributed by atoms with Crippen LogP contribution in [0.1, 0.15) is 48.9 Å². The van der Waals surface area contributed by atoms with Gasteiger partial charge in [0.15, 0.2) is 5.71 Å². The number of nitrogens with one attached hydrogen (secondary N) is 1. The van der Waals surface area contributed by atoms with Crippen LogP contribution in [0.15, 0.2) is 69.5 Å². The minimum absolute atomic E-state index is 0.0278. The molecule has 1 atom stereocenters. The summed E-state index contributed by atoms with van der Waals surface area (Å²) in [6, 6.07) is 5.56. The molecule has 14 nitrogen and oxygen atoms in total. The maximum absolute atomic E-state index is 12.3. The van der Waals surface area contributed by atoms with Crippen molar-refractivity contribution in [2.24, 2.45) is 0 Å². The number of carbonyl (C=O) groups is 1. The largest absolute Gasteiger partial charge is 0.480 e. The number of fused-ring (bicyclic) bond motifs is 3. The number of allylic oxidation sites excluding steroid dienone is 5. The molecule has 3 aliphatic rings. The van der Waals surface area contributed by atoms with E-state index in [2.05, 4.69) is 5.32 Å². The van der Waals surface area contributed by atoms with Crippen LogP contribution in [-0.2, 0) is 53.5 Å². The van der Waals surface area contributed by atoms with Gasteiger partial charge >= 0.3 is 5.97 Å². The zero-order valence-electron chi connectivity index (χ0n) is 27.2. The topological polar surface area (TPSA) is 219 Å². The van der Waals surface area contributed by atoms with Crippen LogP contribution in [0.25, 0.3) is 5.70 Å². The van der Waals surface area contributed by atoms with Gasteiger partial charge in [-0.25, -0.2) is 9.37 Å². The van der Waals surface area contributed by atoms with Crippen molar-refractivity contribution in [3.63, 3.8) is 0 Å². The van der Waals surface area contributed by atoms with Crippen molar-refractivity contribution in [2.75, 3.05) is 31.3 Å². The third kappa shape index (κ3) is 7.51. The summed E-state index contributed by atoms with van der Waals surface area (Å²) in [5, 5.41) is 13.1. The number of benzene rings is 2. The zero-order chi connectivity index (χ0) is 36.3. The quantitative estimate of drug-likeness (QED) is 0.175. The Balaban J connectivity index is 1.67. The minimum atomic E-state index is -4.88. The van der Waals surface area contributed by atoms with E-state index in [1.54, 1.807) is 0 Å². The minimum Gasteiger partial charge on any atom is -0.480 e. The molecule has 2 aromatic carbocycles. The normalized spacial score (nSPS) is 17.9. The molecule has 5 N–H and O–H groups in total. The van der Waals surface area contributed by atoms with Crippen LogP contribution < -0.4 is 10.2 Å². The van der Waals surface area contributed by atoms with E-state index in [0.717, 1.165) is 39.7 Å². The molecule has 1 aliphatic heterocycles. The molecule has 264 valence electrons. The van der Waals surface area contributed by atoms with E-state index in [1.165, 1.54) is 6.07 Å². The van der Waals surface area contributed by atoms with Gasteiger partial charge in [-0.15, -0.1) is 0 Å². The molecular weight excluding hydrogens is 699 g/mol. The van der Waals surface area contributed by atoms with Crippen molar-refractivity contribution in [1.29, 1.82) is 0 Å². The number of carboxylic acid groups (broad SMARTS) is 1. The average Bonchev–Trinajstić information content (AvgIpc) is 2.98. The van der Waals surface area contributed by atoms with Gasteiger partial charge in [-0.05, 0) is 71.9 Å². The van der Waals surface area contributed by atoms with E-state index in [1.807, 2.05) is 67.8 Å². The van der Waals surface area contributed by atoms with Crippen molar-refractivity contribution < 1.29 is 53.4 Å². The second-order valence-electron chi connectivity index (χ2n) is 13.0. The molecule has 0 aromatic heterocycles. The molecule has 1 heterocycles. The van der Waals surface area contributed by atoms with E-state index in [-0.39, 0.29) is 12.1 Å². The predicted molar refractivity (Wildman–Crippen MR) is 182 cm³/mol. The van der Waals surface area contributed by atoms with Crippen molar-refractivity contribution in [3.8, 4) is 0 Å². The maximum atomic E-state index is 12.3. The van der Waals surface area contributed by atoms with Gasteiger partial charge < -0.3 is 15.3 Å². The molecule has 2 aliphatic carbocycles. The Morgan fingerprint density at radius 1 is 1.00 bits per heavy atom. The summed E-state index contributed by atoms with van der Waals surface area (Å²) >= 11 is 0. The third-order valence-corrected chi connectivity index (χ3v) is 11.6. The number of aryl methyl sites for hydroxylation is 1. The van der Waals surface area contributed by atoms with E-state index >= 15 is 0 Å². The van der Waals surface area contributed by atoms with Gasteiger partial charge in [-0.1, -0.05) is 19.9 Å². The molecule has 0 spiro atoms. The summed E-state index contributed by atoms with van der Waals surface area (Å²) in [6.45, 7) is 4.51. The zero-order valence-corrected chi connectivity index (χ0v) is 29.7. The second kappa shape index (κ2) is 12.8. The number of aliphatic carboxylic acids is 1. The lowest BCUT2D eigenvalue weighted by molar-refractivity contribution is -0.462. The average molecular weight is 737 g/mol. The number of carboxylic acids is 1. The Hall–Kier alpha value is -3.87. The lowest BCUT2D eigenvalue weighted by atomic mass is 9.66. The Bertz CT molecular complexity index is 2210. The molecule has 0 amide bonds. The summed E-state index contributed by atoms with van der Waals surface area (Å²) in [7, 11) is -10.3. The fourth-order valence-electron chi connectivity index (χ4n) is 6.56. The molecule has 2 aromatic rings. The Morgan fingerprint density at radius 3 is 2.29 bits per heavy atom. The molecule has 17 heteroatoms. The summed E-state index contributed by atoms with van der Waals surface area (Å²) in [4.78, 5) is 12.9. The molecule has 1 unspecified atom stereocenters. The van der Waals surface area contributed by atoms with Crippen molar-refractivity contribution >= 4 is 53.4 Å². The lowest BCUT2D eigenvalue weighted by Crippen LogP contribution is -2.41. The van der Waals surface area contributed by atoms with Gasteiger partial charge in [0, 0.05) is 47.5 Å². The first-order valence-electron chi connectivity index (χ1n) is 15.2. The number of hydrogen-bond donors (Lipinski definition) is 5. The molecule has 0 bridgehead atoms. The summed E-state index contributed by atoms with van der Waals surface area (Å²) in [5.41, 5.74) is 5.54. The molecule has 0 radical (unpaired) electrons. The van der Waals surface area contributed by atoms with Crippen LogP contribution >= 0.6 is 0 Å². The van der Waals surface area contributed by atoms with Gasteiger partial charge in [0.25, 0.3) is 30.4 Å². The van der Waals surface area contributed by atoms with Gasteiger partial charge in [-0.3, -0.25) is 13.7 Å². The first-order valence-corrected chi connectivity index (χ1v) is 19.7. The first-order chi connectivity index (χ1) is 22.6. The SMILES string of the molecule is C[N+](C)=C1C=CC2=C(NC(CCS(=O)(=O)O)C(=O)O)c3cc4c(cc3C(C)(C)C2=C1)N(Cc1ccc(S(=O)(=O)O)cc1S(=O)(=O)O)CCC4.